The molecule has 0 saturated heterocycles. The lowest BCUT2D eigenvalue weighted by Gasteiger charge is -2.21. The van der Waals surface area contributed by atoms with Gasteiger partial charge in [-0.1, -0.05) is 41.9 Å². The number of sulfonamides is 1. The van der Waals surface area contributed by atoms with E-state index in [2.05, 4.69) is 14.8 Å². The Kier molecular flexibility index (Phi) is 5.99. The molecule has 2 aliphatic heterocycles. The lowest BCUT2D eigenvalue weighted by molar-refractivity contribution is 0.0941. The normalized spacial score (nSPS) is 16.0. The second-order valence-corrected chi connectivity index (χ2v) is 9.74. The Labute approximate surface area is 190 Å². The number of nitrogens with zero attached hydrogens (tertiary/aromatic N) is 1. The van der Waals surface area contributed by atoms with Crippen LogP contribution in [0.4, 0.5) is 5.69 Å². The van der Waals surface area contributed by atoms with Crippen LogP contribution in [0, 0.1) is 0 Å². The average molecular weight is 475 g/mol. The molecular weight excluding hydrogens is 456 g/mol. The number of anilines is 1. The lowest BCUT2D eigenvalue weighted by atomic mass is 10.1. The second-order valence-electron chi connectivity index (χ2n) is 6.84. The molecule has 0 unspecified atom stereocenters. The number of amides is 1. The fraction of sp³-hybridized carbons (Fsp3) is 0.0952. The van der Waals surface area contributed by atoms with E-state index >= 15 is 0 Å². The van der Waals surface area contributed by atoms with Gasteiger partial charge in [0.2, 0.25) is 0 Å². The van der Waals surface area contributed by atoms with Gasteiger partial charge in [-0.2, -0.15) is 0 Å². The molecule has 3 N–H and O–H groups in total. The summed E-state index contributed by atoms with van der Waals surface area (Å²) in [5.74, 6) is -0.415. The SMILES string of the molecule is C[C@@H](NC(=O)c1ccc(Cl)cc1NS(=O)(=O)C1=CC=CN2SNC=C12)c1ccccc1. The van der Waals surface area contributed by atoms with Crippen LogP contribution in [0.1, 0.15) is 28.9 Å². The van der Waals surface area contributed by atoms with E-state index in [0.29, 0.717) is 10.7 Å². The Morgan fingerprint density at radius 2 is 1.97 bits per heavy atom. The van der Waals surface area contributed by atoms with Gasteiger partial charge in [-0.3, -0.25) is 13.8 Å². The molecule has 4 rings (SSSR count). The highest BCUT2D eigenvalue weighted by Crippen LogP contribution is 2.34. The lowest BCUT2D eigenvalue weighted by Crippen LogP contribution is -2.28. The van der Waals surface area contributed by atoms with E-state index in [4.69, 9.17) is 11.6 Å². The van der Waals surface area contributed by atoms with Crippen molar-refractivity contribution < 1.29 is 13.2 Å². The zero-order valence-corrected chi connectivity index (χ0v) is 18.8. The molecule has 0 bridgehead atoms. The fourth-order valence-corrected chi connectivity index (χ4v) is 5.31. The molecule has 10 heteroatoms. The molecular formula is C21H19ClN4O3S2. The van der Waals surface area contributed by atoms with Crippen LogP contribution >= 0.6 is 23.7 Å². The van der Waals surface area contributed by atoms with Crippen LogP contribution in [-0.2, 0) is 10.0 Å². The standard InChI is InChI=1S/C21H19ClN4O3S2/c1-14(15-6-3-2-4-7-15)24-21(27)17-10-9-16(22)12-18(17)25-31(28,29)20-8-5-11-26-19(20)13-23-30-26/h2-14,23,25H,1H3,(H,24,27)/t14-/m1/s1. The molecule has 2 heterocycles. The van der Waals surface area contributed by atoms with Gasteiger partial charge < -0.3 is 10.0 Å². The van der Waals surface area contributed by atoms with E-state index in [9.17, 15) is 13.2 Å². The zero-order valence-electron chi connectivity index (χ0n) is 16.4. The molecule has 31 heavy (non-hydrogen) atoms. The number of fused-ring (bicyclic) bond motifs is 1. The van der Waals surface area contributed by atoms with Gasteiger partial charge in [-0.05, 0) is 42.8 Å². The molecule has 0 aliphatic carbocycles. The topological polar surface area (TPSA) is 90.5 Å². The van der Waals surface area contributed by atoms with E-state index in [-0.39, 0.29) is 22.2 Å². The number of hydrogen-bond acceptors (Lipinski definition) is 6. The molecule has 0 radical (unpaired) electrons. The van der Waals surface area contributed by atoms with Crippen LogP contribution in [-0.4, -0.2) is 18.6 Å². The molecule has 2 aliphatic rings. The number of carbonyl (C=O) groups is 1. The molecule has 2 aromatic rings. The van der Waals surface area contributed by atoms with Crippen molar-refractivity contribution >= 4 is 45.4 Å². The Bertz CT molecular complexity index is 1210. The summed E-state index contributed by atoms with van der Waals surface area (Å²) >= 11 is 7.35. The maximum atomic E-state index is 13.1. The van der Waals surface area contributed by atoms with E-state index < -0.39 is 15.9 Å². The maximum absolute atomic E-state index is 13.1. The predicted molar refractivity (Wildman–Crippen MR) is 124 cm³/mol. The Morgan fingerprint density at radius 3 is 2.74 bits per heavy atom. The minimum absolute atomic E-state index is 0.0801. The fourth-order valence-electron chi connectivity index (χ4n) is 3.16. The van der Waals surface area contributed by atoms with Gasteiger partial charge in [0.25, 0.3) is 15.9 Å². The Hall–Kier alpha value is -2.88. The number of nitrogens with one attached hydrogen (secondary N) is 3. The molecule has 0 saturated carbocycles. The third kappa shape index (κ3) is 4.58. The van der Waals surface area contributed by atoms with Crippen LogP contribution in [0.15, 0.2) is 83.7 Å². The van der Waals surface area contributed by atoms with Crippen molar-refractivity contribution in [2.45, 2.75) is 13.0 Å². The van der Waals surface area contributed by atoms with Crippen LogP contribution in [0.5, 0.6) is 0 Å². The van der Waals surface area contributed by atoms with Crippen LogP contribution < -0.4 is 14.8 Å². The van der Waals surface area contributed by atoms with Crippen molar-refractivity contribution in [2.24, 2.45) is 0 Å². The van der Waals surface area contributed by atoms with Crippen LogP contribution in [0.25, 0.3) is 0 Å². The third-order valence-electron chi connectivity index (χ3n) is 4.71. The van der Waals surface area contributed by atoms with Crippen molar-refractivity contribution in [1.82, 2.24) is 14.3 Å². The maximum Gasteiger partial charge on any atom is 0.264 e. The van der Waals surface area contributed by atoms with Crippen molar-refractivity contribution in [2.75, 3.05) is 4.72 Å². The summed E-state index contributed by atoms with van der Waals surface area (Å²) in [6, 6.07) is 13.7. The monoisotopic (exact) mass is 474 g/mol. The minimum atomic E-state index is -3.99. The van der Waals surface area contributed by atoms with Crippen LogP contribution in [0.3, 0.4) is 0 Å². The molecule has 0 aromatic heterocycles. The van der Waals surface area contributed by atoms with E-state index in [1.54, 1.807) is 28.8 Å². The van der Waals surface area contributed by atoms with Gasteiger partial charge in [-0.15, -0.1) is 0 Å². The Balaban J connectivity index is 1.61. The molecule has 1 amide bonds. The largest absolute Gasteiger partial charge is 0.345 e. The zero-order chi connectivity index (χ0) is 22.0. The predicted octanol–water partition coefficient (Wildman–Crippen LogP) is 4.29. The first-order chi connectivity index (χ1) is 14.8. The van der Waals surface area contributed by atoms with E-state index in [0.717, 1.165) is 5.56 Å². The summed E-state index contributed by atoms with van der Waals surface area (Å²) in [5, 5.41) is 3.21. The van der Waals surface area contributed by atoms with Crippen molar-refractivity contribution in [3.05, 3.63) is 99.8 Å². The number of rotatable bonds is 6. The summed E-state index contributed by atoms with van der Waals surface area (Å²) in [7, 11) is -3.99. The third-order valence-corrected chi connectivity index (χ3v) is 7.10. The van der Waals surface area contributed by atoms with Gasteiger partial charge in [0.1, 0.15) is 4.91 Å². The second kappa shape index (κ2) is 8.70. The summed E-state index contributed by atoms with van der Waals surface area (Å²) in [6.45, 7) is 1.86. The number of carbonyl (C=O) groups excluding carboxylic acids is 1. The highest BCUT2D eigenvalue weighted by Gasteiger charge is 2.30. The molecule has 7 nitrogen and oxygen atoms in total. The number of benzene rings is 2. The van der Waals surface area contributed by atoms with Gasteiger partial charge >= 0.3 is 0 Å². The minimum Gasteiger partial charge on any atom is -0.345 e. The molecule has 0 fully saturated rings. The van der Waals surface area contributed by atoms with Crippen molar-refractivity contribution in [3.8, 4) is 0 Å². The average Bonchev–Trinajstić information content (AvgIpc) is 3.23. The summed E-state index contributed by atoms with van der Waals surface area (Å²) in [4.78, 5) is 13.0. The molecule has 0 spiro atoms. The van der Waals surface area contributed by atoms with Gasteiger partial charge in [0.05, 0.1) is 35.1 Å². The quantitative estimate of drug-likeness (QED) is 0.541. The highest BCUT2D eigenvalue weighted by atomic mass is 35.5. The van der Waals surface area contributed by atoms with Gasteiger partial charge in [-0.25, -0.2) is 8.42 Å². The first-order valence-corrected chi connectivity index (χ1v) is 12.0. The smallest absolute Gasteiger partial charge is 0.264 e. The molecule has 1 atom stereocenters. The van der Waals surface area contributed by atoms with Crippen molar-refractivity contribution in [1.29, 1.82) is 0 Å². The molecule has 160 valence electrons. The highest BCUT2D eigenvalue weighted by molar-refractivity contribution is 7.97. The van der Waals surface area contributed by atoms with Gasteiger partial charge in [0.15, 0.2) is 0 Å². The first kappa shape index (κ1) is 21.4. The van der Waals surface area contributed by atoms with Gasteiger partial charge in [0, 0.05) is 17.4 Å². The Morgan fingerprint density at radius 1 is 1.19 bits per heavy atom. The molecule has 2 aromatic carbocycles. The summed E-state index contributed by atoms with van der Waals surface area (Å²) < 4.78 is 33.4. The van der Waals surface area contributed by atoms with E-state index in [1.807, 2.05) is 37.3 Å². The van der Waals surface area contributed by atoms with E-state index in [1.165, 1.54) is 30.3 Å². The first-order valence-electron chi connectivity index (χ1n) is 9.34. The number of hydrogen-bond donors (Lipinski definition) is 3. The number of allylic oxidation sites excluding steroid dienone is 2. The summed E-state index contributed by atoms with van der Waals surface area (Å²) in [5.41, 5.74) is 1.70. The summed E-state index contributed by atoms with van der Waals surface area (Å²) in [6.07, 6.45) is 6.49. The van der Waals surface area contributed by atoms with Crippen molar-refractivity contribution in [3.63, 3.8) is 0 Å². The van der Waals surface area contributed by atoms with Crippen LogP contribution in [0.2, 0.25) is 5.02 Å². The number of halogens is 1.